The summed E-state index contributed by atoms with van der Waals surface area (Å²) in [4.78, 5) is 23.7. The Hall–Kier alpha value is -3.22. The minimum absolute atomic E-state index is 0.212. The van der Waals surface area contributed by atoms with Crippen molar-refractivity contribution in [1.82, 2.24) is 5.01 Å². The summed E-state index contributed by atoms with van der Waals surface area (Å²) in [7, 11) is 0. The number of benzene rings is 2. The van der Waals surface area contributed by atoms with Gasteiger partial charge in [-0.15, -0.1) is 0 Å². The number of hydrogen-bond donors (Lipinski definition) is 0. The molecule has 1 aliphatic heterocycles. The number of rotatable bonds is 6. The number of ether oxygens (including phenoxy) is 2. The molecule has 0 unspecified atom stereocenters. The fraction of sp³-hybridized carbons (Fsp3) is 0.286. The summed E-state index contributed by atoms with van der Waals surface area (Å²) in [6, 6.07) is 12.9. The Morgan fingerprint density at radius 3 is 2.57 bits per heavy atom. The average molecular weight is 384 g/mol. The van der Waals surface area contributed by atoms with Crippen LogP contribution in [0.1, 0.15) is 37.4 Å². The minimum Gasteiger partial charge on any atom is -0.481 e. The first-order valence-electron chi connectivity index (χ1n) is 9.00. The molecule has 0 aliphatic carbocycles. The van der Waals surface area contributed by atoms with Crippen molar-refractivity contribution in [3.05, 3.63) is 65.5 Å². The van der Waals surface area contributed by atoms with E-state index in [1.807, 2.05) is 12.1 Å². The highest BCUT2D eigenvalue weighted by Crippen LogP contribution is 2.35. The number of amides is 1. The number of hydrazone groups is 1. The molecule has 0 radical (unpaired) electrons. The van der Waals surface area contributed by atoms with Gasteiger partial charge in [-0.3, -0.25) is 4.79 Å². The van der Waals surface area contributed by atoms with Crippen LogP contribution in [-0.4, -0.2) is 35.8 Å². The van der Waals surface area contributed by atoms with E-state index in [1.165, 1.54) is 24.1 Å². The number of para-hydroxylation sites is 1. The molecule has 7 heteroatoms. The Morgan fingerprint density at radius 1 is 1.18 bits per heavy atom. The fourth-order valence-electron chi connectivity index (χ4n) is 3.08. The molecule has 1 heterocycles. The lowest BCUT2D eigenvalue weighted by Gasteiger charge is -2.20. The van der Waals surface area contributed by atoms with E-state index in [1.54, 1.807) is 31.2 Å². The molecule has 0 saturated carbocycles. The molecule has 1 amide bonds. The second kappa shape index (κ2) is 8.65. The van der Waals surface area contributed by atoms with Gasteiger partial charge in [-0.05, 0) is 36.8 Å². The zero-order valence-electron chi connectivity index (χ0n) is 15.7. The van der Waals surface area contributed by atoms with E-state index in [0.717, 1.165) is 5.56 Å². The van der Waals surface area contributed by atoms with Crippen molar-refractivity contribution in [2.45, 2.75) is 26.3 Å². The molecular weight excluding hydrogens is 363 g/mol. The van der Waals surface area contributed by atoms with Gasteiger partial charge in [-0.2, -0.15) is 5.10 Å². The molecule has 2 aromatic rings. The Balaban J connectivity index is 1.85. The Kier molecular flexibility index (Phi) is 6.03. The number of carbonyl (C=O) groups excluding carboxylic acids is 2. The molecule has 0 spiro atoms. The molecule has 2 aromatic carbocycles. The predicted molar refractivity (Wildman–Crippen MR) is 101 cm³/mol. The lowest BCUT2D eigenvalue weighted by Crippen LogP contribution is -2.24. The van der Waals surface area contributed by atoms with Crippen molar-refractivity contribution in [2.75, 3.05) is 13.2 Å². The molecule has 6 nitrogen and oxygen atoms in total. The maximum absolute atomic E-state index is 13.3. The van der Waals surface area contributed by atoms with Gasteiger partial charge in [0.05, 0.1) is 18.4 Å². The van der Waals surface area contributed by atoms with Crippen molar-refractivity contribution in [1.29, 1.82) is 0 Å². The Bertz CT molecular complexity index is 896. The molecule has 0 N–H and O–H groups in total. The number of nitrogens with zero attached hydrogens (tertiary/aromatic N) is 2. The van der Waals surface area contributed by atoms with Crippen molar-refractivity contribution >= 4 is 17.6 Å². The summed E-state index contributed by atoms with van der Waals surface area (Å²) in [6.07, 6.45) is 0.449. The predicted octanol–water partition coefficient (Wildman–Crippen LogP) is 3.47. The monoisotopic (exact) mass is 384 g/mol. The summed E-state index contributed by atoms with van der Waals surface area (Å²) in [5.74, 6) is -0.526. The van der Waals surface area contributed by atoms with Gasteiger partial charge in [-0.1, -0.05) is 24.3 Å². The summed E-state index contributed by atoms with van der Waals surface area (Å²) in [6.45, 7) is 3.23. The van der Waals surface area contributed by atoms with Gasteiger partial charge in [0, 0.05) is 18.9 Å². The lowest BCUT2D eigenvalue weighted by molar-refractivity contribution is -0.145. The highest BCUT2D eigenvalue weighted by Gasteiger charge is 2.32. The van der Waals surface area contributed by atoms with Gasteiger partial charge in [0.25, 0.3) is 0 Å². The second-order valence-corrected chi connectivity index (χ2v) is 6.27. The quantitative estimate of drug-likeness (QED) is 0.716. The molecule has 0 aromatic heterocycles. The lowest BCUT2D eigenvalue weighted by atomic mass is 9.98. The zero-order valence-corrected chi connectivity index (χ0v) is 15.7. The number of carbonyl (C=O) groups is 2. The third kappa shape index (κ3) is 4.36. The molecule has 1 atom stereocenters. The van der Waals surface area contributed by atoms with Crippen LogP contribution >= 0.6 is 0 Å². The largest absolute Gasteiger partial charge is 0.481 e. The molecule has 28 heavy (non-hydrogen) atoms. The van der Waals surface area contributed by atoms with Crippen molar-refractivity contribution < 1.29 is 23.5 Å². The van der Waals surface area contributed by atoms with Crippen molar-refractivity contribution in [3.63, 3.8) is 0 Å². The first-order chi connectivity index (χ1) is 13.5. The minimum atomic E-state index is -0.458. The Morgan fingerprint density at radius 2 is 1.89 bits per heavy atom. The van der Waals surface area contributed by atoms with Gasteiger partial charge < -0.3 is 9.47 Å². The number of esters is 1. The van der Waals surface area contributed by atoms with Crippen LogP contribution in [0.25, 0.3) is 0 Å². The average Bonchev–Trinajstić information content (AvgIpc) is 3.13. The first kappa shape index (κ1) is 19.5. The van der Waals surface area contributed by atoms with Gasteiger partial charge in [0.1, 0.15) is 11.6 Å². The third-order valence-electron chi connectivity index (χ3n) is 4.34. The van der Waals surface area contributed by atoms with Crippen LogP contribution in [0.5, 0.6) is 5.75 Å². The van der Waals surface area contributed by atoms with Crippen LogP contribution in [0, 0.1) is 5.82 Å². The topological polar surface area (TPSA) is 68.2 Å². The van der Waals surface area contributed by atoms with E-state index in [0.29, 0.717) is 23.4 Å². The molecule has 1 aliphatic rings. The van der Waals surface area contributed by atoms with E-state index in [4.69, 9.17) is 9.47 Å². The summed E-state index contributed by atoms with van der Waals surface area (Å²) >= 11 is 0. The van der Waals surface area contributed by atoms with Crippen LogP contribution in [0.4, 0.5) is 4.39 Å². The maximum atomic E-state index is 13.3. The van der Waals surface area contributed by atoms with Crippen LogP contribution in [0.2, 0.25) is 0 Å². The van der Waals surface area contributed by atoms with Gasteiger partial charge in [0.2, 0.25) is 5.91 Å². The SMILES string of the molecule is CCOC(=O)COc1ccccc1C1=NN(C(C)=O)[C@@H](c2ccc(F)cc2)C1. The first-order valence-corrected chi connectivity index (χ1v) is 9.00. The van der Waals surface area contributed by atoms with Crippen LogP contribution < -0.4 is 4.74 Å². The number of halogens is 1. The third-order valence-corrected chi connectivity index (χ3v) is 4.34. The number of hydrogen-bond acceptors (Lipinski definition) is 5. The summed E-state index contributed by atoms with van der Waals surface area (Å²) in [5, 5.41) is 5.87. The highest BCUT2D eigenvalue weighted by atomic mass is 19.1. The summed E-state index contributed by atoms with van der Waals surface area (Å²) < 4.78 is 23.8. The highest BCUT2D eigenvalue weighted by molar-refractivity contribution is 6.05. The van der Waals surface area contributed by atoms with Crippen LogP contribution in [0.15, 0.2) is 53.6 Å². The molecule has 0 bridgehead atoms. The molecule has 0 fully saturated rings. The van der Waals surface area contributed by atoms with Crippen molar-refractivity contribution in [2.24, 2.45) is 5.10 Å². The Labute approximate surface area is 162 Å². The van der Waals surface area contributed by atoms with E-state index in [2.05, 4.69) is 5.10 Å². The van der Waals surface area contributed by atoms with E-state index in [-0.39, 0.29) is 31.0 Å². The smallest absolute Gasteiger partial charge is 0.344 e. The molecular formula is C21H21FN2O4. The maximum Gasteiger partial charge on any atom is 0.344 e. The van der Waals surface area contributed by atoms with Crippen LogP contribution in [-0.2, 0) is 14.3 Å². The van der Waals surface area contributed by atoms with Gasteiger partial charge in [0.15, 0.2) is 6.61 Å². The second-order valence-electron chi connectivity index (χ2n) is 6.27. The standard InChI is InChI=1S/C21H21FN2O4/c1-3-27-21(26)13-28-20-7-5-4-6-17(20)18-12-19(24(23-18)14(2)25)15-8-10-16(22)11-9-15/h4-11,19H,3,12-13H2,1-2H3/t19-/m1/s1. The fourth-order valence-corrected chi connectivity index (χ4v) is 3.08. The van der Waals surface area contributed by atoms with E-state index >= 15 is 0 Å². The molecule has 0 saturated heterocycles. The molecule has 3 rings (SSSR count). The molecule has 146 valence electrons. The summed E-state index contributed by atoms with van der Waals surface area (Å²) in [5.41, 5.74) is 2.15. The van der Waals surface area contributed by atoms with Crippen molar-refractivity contribution in [3.8, 4) is 5.75 Å². The van der Waals surface area contributed by atoms with Gasteiger partial charge >= 0.3 is 5.97 Å². The zero-order chi connectivity index (χ0) is 20.1. The van der Waals surface area contributed by atoms with E-state index in [9.17, 15) is 14.0 Å². The van der Waals surface area contributed by atoms with Crippen LogP contribution in [0.3, 0.4) is 0 Å². The van der Waals surface area contributed by atoms with E-state index < -0.39 is 5.97 Å². The normalized spacial score (nSPS) is 15.9. The van der Waals surface area contributed by atoms with Gasteiger partial charge in [-0.25, -0.2) is 14.2 Å².